The van der Waals surface area contributed by atoms with Gasteiger partial charge in [-0.15, -0.1) is 0 Å². The summed E-state index contributed by atoms with van der Waals surface area (Å²) in [5, 5.41) is 3.10. The molecule has 2 aliphatic heterocycles. The maximum Gasteiger partial charge on any atom is 0.321 e. The SMILES string of the molecule is CC[C@@H]1CCN(C(=O)Nc2ccc(C)c(-c3cc(-c4cc[nH]c(=O)c4)nc(N4CCOCC4)c3)c2)C1. The molecule has 0 unspecified atom stereocenters. The molecule has 36 heavy (non-hydrogen) atoms. The van der Waals surface area contributed by atoms with Crippen molar-refractivity contribution in [1.29, 1.82) is 0 Å². The lowest BCUT2D eigenvalue weighted by Crippen LogP contribution is -2.36. The highest BCUT2D eigenvalue weighted by Crippen LogP contribution is 2.33. The third kappa shape index (κ3) is 5.28. The van der Waals surface area contributed by atoms with E-state index in [1.54, 1.807) is 12.3 Å². The van der Waals surface area contributed by atoms with Gasteiger partial charge >= 0.3 is 6.03 Å². The summed E-state index contributed by atoms with van der Waals surface area (Å²) >= 11 is 0. The molecule has 2 amide bonds. The second kappa shape index (κ2) is 10.5. The first-order chi connectivity index (χ1) is 17.5. The zero-order chi connectivity index (χ0) is 25.1. The number of aryl methyl sites for hydroxylation is 1. The van der Waals surface area contributed by atoms with Crippen molar-refractivity contribution in [3.63, 3.8) is 0 Å². The molecule has 8 nitrogen and oxygen atoms in total. The second-order valence-electron chi connectivity index (χ2n) is 9.61. The number of carbonyl (C=O) groups excluding carboxylic acids is 1. The van der Waals surface area contributed by atoms with Crippen LogP contribution in [0.25, 0.3) is 22.4 Å². The lowest BCUT2D eigenvalue weighted by atomic mass is 9.98. The van der Waals surface area contributed by atoms with E-state index < -0.39 is 0 Å². The predicted octanol–water partition coefficient (Wildman–Crippen LogP) is 4.51. The summed E-state index contributed by atoms with van der Waals surface area (Å²) in [5.74, 6) is 1.44. The number of hydrogen-bond donors (Lipinski definition) is 2. The molecular weight excluding hydrogens is 454 g/mol. The predicted molar refractivity (Wildman–Crippen MR) is 142 cm³/mol. The first kappa shape index (κ1) is 24.1. The number of rotatable bonds is 5. The van der Waals surface area contributed by atoms with Crippen molar-refractivity contribution < 1.29 is 9.53 Å². The molecule has 2 saturated heterocycles. The fourth-order valence-electron chi connectivity index (χ4n) is 4.94. The molecule has 2 aromatic heterocycles. The van der Waals surface area contributed by atoms with Gasteiger partial charge in [0, 0.05) is 49.7 Å². The lowest BCUT2D eigenvalue weighted by Gasteiger charge is -2.28. The Balaban J connectivity index is 1.50. The number of aromatic nitrogens is 2. The Morgan fingerprint density at radius 2 is 1.94 bits per heavy atom. The number of benzene rings is 1. The normalized spacial score (nSPS) is 17.9. The summed E-state index contributed by atoms with van der Waals surface area (Å²) in [5.41, 5.74) is 5.19. The largest absolute Gasteiger partial charge is 0.378 e. The van der Waals surface area contributed by atoms with Crippen LogP contribution in [0.2, 0.25) is 0 Å². The Labute approximate surface area is 211 Å². The second-order valence-corrected chi connectivity index (χ2v) is 9.61. The van der Waals surface area contributed by atoms with Crippen LogP contribution >= 0.6 is 0 Å². The highest BCUT2D eigenvalue weighted by atomic mass is 16.5. The Morgan fingerprint density at radius 3 is 2.69 bits per heavy atom. The van der Waals surface area contributed by atoms with E-state index in [4.69, 9.17) is 9.72 Å². The summed E-state index contributed by atoms with van der Waals surface area (Å²) < 4.78 is 5.54. The monoisotopic (exact) mass is 487 g/mol. The number of morpholine rings is 1. The number of likely N-dealkylation sites (tertiary alicyclic amines) is 1. The number of nitrogens with one attached hydrogen (secondary N) is 2. The van der Waals surface area contributed by atoms with E-state index in [0.29, 0.717) is 19.1 Å². The molecule has 0 spiro atoms. The third-order valence-electron chi connectivity index (χ3n) is 7.17. The van der Waals surface area contributed by atoms with Crippen LogP contribution in [0.1, 0.15) is 25.3 Å². The summed E-state index contributed by atoms with van der Waals surface area (Å²) in [7, 11) is 0. The van der Waals surface area contributed by atoms with Crippen LogP contribution in [-0.2, 0) is 4.74 Å². The number of urea groups is 1. The summed E-state index contributed by atoms with van der Waals surface area (Å²) in [6.45, 7) is 8.69. The molecule has 188 valence electrons. The van der Waals surface area contributed by atoms with Crippen LogP contribution in [0.5, 0.6) is 0 Å². The van der Waals surface area contributed by atoms with Gasteiger partial charge in [-0.25, -0.2) is 9.78 Å². The van der Waals surface area contributed by atoms with Gasteiger partial charge in [-0.2, -0.15) is 0 Å². The molecule has 8 heteroatoms. The molecular formula is C28H33N5O3. The molecule has 1 aromatic carbocycles. The van der Waals surface area contributed by atoms with Crippen molar-refractivity contribution in [2.45, 2.75) is 26.7 Å². The van der Waals surface area contributed by atoms with Gasteiger partial charge in [-0.05, 0) is 66.3 Å². The Kier molecular flexibility index (Phi) is 7.04. The molecule has 0 aliphatic carbocycles. The van der Waals surface area contributed by atoms with Gasteiger partial charge in [-0.1, -0.05) is 19.4 Å². The summed E-state index contributed by atoms with van der Waals surface area (Å²) in [6, 6.07) is 13.5. The van der Waals surface area contributed by atoms with Crippen LogP contribution in [-0.4, -0.2) is 60.3 Å². The molecule has 2 aliphatic rings. The number of amides is 2. The van der Waals surface area contributed by atoms with Crippen LogP contribution < -0.4 is 15.8 Å². The van der Waals surface area contributed by atoms with Gasteiger partial charge in [0.15, 0.2) is 0 Å². The number of aromatic amines is 1. The molecule has 0 saturated carbocycles. The van der Waals surface area contributed by atoms with Gasteiger partial charge in [0.1, 0.15) is 5.82 Å². The molecule has 4 heterocycles. The zero-order valence-corrected chi connectivity index (χ0v) is 20.9. The Morgan fingerprint density at radius 1 is 1.11 bits per heavy atom. The van der Waals surface area contributed by atoms with Crippen molar-refractivity contribution in [2.75, 3.05) is 49.6 Å². The van der Waals surface area contributed by atoms with Crippen LogP contribution in [0.4, 0.5) is 16.3 Å². The fourth-order valence-corrected chi connectivity index (χ4v) is 4.94. The van der Waals surface area contributed by atoms with E-state index in [9.17, 15) is 9.59 Å². The van der Waals surface area contributed by atoms with E-state index in [-0.39, 0.29) is 11.6 Å². The summed E-state index contributed by atoms with van der Waals surface area (Å²) in [4.78, 5) is 36.6. The van der Waals surface area contributed by atoms with E-state index in [0.717, 1.165) is 78.5 Å². The smallest absolute Gasteiger partial charge is 0.321 e. The van der Waals surface area contributed by atoms with Crippen LogP contribution in [0.3, 0.4) is 0 Å². The number of carbonyl (C=O) groups is 1. The van der Waals surface area contributed by atoms with Crippen LogP contribution in [0, 0.1) is 12.8 Å². The number of anilines is 2. The first-order valence-corrected chi connectivity index (χ1v) is 12.7. The number of pyridine rings is 2. The Bertz CT molecular complexity index is 1300. The standard InChI is InChI=1S/C28H33N5O3/c1-3-20-7-9-33(18-20)28(35)30-23-5-4-19(2)24(17-23)22-14-25(21-6-8-29-27(34)16-21)31-26(15-22)32-10-12-36-13-11-32/h4-6,8,14-17,20H,3,7,9-13,18H2,1-2H3,(H,29,34)(H,30,35)/t20-/m1/s1. The minimum atomic E-state index is -0.166. The Hall–Kier alpha value is -3.65. The number of H-pyrrole nitrogens is 1. The minimum Gasteiger partial charge on any atom is -0.378 e. The molecule has 5 rings (SSSR count). The molecule has 1 atom stereocenters. The average molecular weight is 488 g/mol. The number of nitrogens with zero attached hydrogens (tertiary/aromatic N) is 3. The number of ether oxygens (including phenoxy) is 1. The topological polar surface area (TPSA) is 90.6 Å². The molecule has 2 fully saturated rings. The average Bonchev–Trinajstić information content (AvgIpc) is 3.40. The van der Waals surface area contributed by atoms with Gasteiger partial charge in [0.2, 0.25) is 5.56 Å². The van der Waals surface area contributed by atoms with Crippen molar-refractivity contribution in [3.8, 4) is 22.4 Å². The van der Waals surface area contributed by atoms with Crippen molar-refractivity contribution >= 4 is 17.5 Å². The van der Waals surface area contributed by atoms with Crippen molar-refractivity contribution in [2.24, 2.45) is 5.92 Å². The van der Waals surface area contributed by atoms with E-state index in [1.807, 2.05) is 35.2 Å². The zero-order valence-electron chi connectivity index (χ0n) is 20.9. The fraction of sp³-hybridized carbons (Fsp3) is 0.393. The molecule has 0 bridgehead atoms. The van der Waals surface area contributed by atoms with Gasteiger partial charge in [0.25, 0.3) is 0 Å². The lowest BCUT2D eigenvalue weighted by molar-refractivity contribution is 0.122. The van der Waals surface area contributed by atoms with Crippen molar-refractivity contribution in [1.82, 2.24) is 14.9 Å². The van der Waals surface area contributed by atoms with Gasteiger partial charge < -0.3 is 24.8 Å². The third-order valence-corrected chi connectivity index (χ3v) is 7.17. The highest BCUT2D eigenvalue weighted by Gasteiger charge is 2.25. The van der Waals surface area contributed by atoms with Crippen LogP contribution in [0.15, 0.2) is 53.5 Å². The van der Waals surface area contributed by atoms with Gasteiger partial charge in [0.05, 0.1) is 18.9 Å². The van der Waals surface area contributed by atoms with E-state index >= 15 is 0 Å². The molecule has 3 aromatic rings. The molecule has 2 N–H and O–H groups in total. The molecule has 0 radical (unpaired) electrons. The van der Waals surface area contributed by atoms with E-state index in [1.165, 1.54) is 0 Å². The quantitative estimate of drug-likeness (QED) is 0.553. The number of hydrogen-bond acceptors (Lipinski definition) is 5. The van der Waals surface area contributed by atoms with Crippen molar-refractivity contribution in [3.05, 3.63) is 64.6 Å². The first-order valence-electron chi connectivity index (χ1n) is 12.7. The van der Waals surface area contributed by atoms with Gasteiger partial charge in [-0.3, -0.25) is 4.79 Å². The maximum atomic E-state index is 12.9. The van der Waals surface area contributed by atoms with E-state index in [2.05, 4.69) is 35.1 Å². The minimum absolute atomic E-state index is 0.0475. The highest BCUT2D eigenvalue weighted by molar-refractivity contribution is 5.91. The summed E-state index contributed by atoms with van der Waals surface area (Å²) in [6.07, 6.45) is 3.81. The maximum absolute atomic E-state index is 12.9.